The molecule has 1 saturated heterocycles. The molecule has 0 aliphatic carbocycles. The first-order valence-corrected chi connectivity index (χ1v) is 7.72. The molecule has 1 N–H and O–H groups in total. The van der Waals surface area contributed by atoms with Crippen LogP contribution in [-0.2, 0) is 0 Å². The SMILES string of the molecule is BrPCCNN1CCCCC1. The third-order valence-corrected chi connectivity index (χ3v) is 3.54. The summed E-state index contributed by atoms with van der Waals surface area (Å²) in [7, 11) is 0.902. The first-order valence-electron chi connectivity index (χ1n) is 4.25. The highest BCUT2D eigenvalue weighted by molar-refractivity contribution is 9.36. The van der Waals surface area contributed by atoms with Crippen molar-refractivity contribution in [2.24, 2.45) is 0 Å². The Morgan fingerprint density at radius 2 is 2.00 bits per heavy atom. The van der Waals surface area contributed by atoms with Gasteiger partial charge in [-0.25, -0.2) is 5.01 Å². The van der Waals surface area contributed by atoms with Crippen LogP contribution in [0, 0.1) is 0 Å². The number of piperidine rings is 1. The zero-order valence-corrected chi connectivity index (χ0v) is 9.36. The minimum atomic E-state index is 0.902. The molecule has 4 heteroatoms. The molecule has 0 aromatic rings. The van der Waals surface area contributed by atoms with Gasteiger partial charge < -0.3 is 0 Å². The van der Waals surface area contributed by atoms with Crippen molar-refractivity contribution >= 4 is 22.8 Å². The molecule has 1 atom stereocenters. The lowest BCUT2D eigenvalue weighted by Crippen LogP contribution is -2.42. The molecule has 1 unspecified atom stereocenters. The van der Waals surface area contributed by atoms with Gasteiger partial charge in [-0.2, -0.15) is 0 Å². The lowest BCUT2D eigenvalue weighted by molar-refractivity contribution is 0.159. The standard InChI is InChI=1S/C7H16BrN2P/c8-11-7-4-9-10-5-2-1-3-6-10/h9,11H,1-7H2. The van der Waals surface area contributed by atoms with Gasteiger partial charge >= 0.3 is 0 Å². The zero-order chi connectivity index (χ0) is 7.94. The molecule has 0 aromatic carbocycles. The summed E-state index contributed by atoms with van der Waals surface area (Å²) in [4.78, 5) is 0. The average Bonchev–Trinajstić information content (AvgIpc) is 2.07. The van der Waals surface area contributed by atoms with Crippen molar-refractivity contribution in [3.8, 4) is 0 Å². The minimum Gasteiger partial charge on any atom is -0.255 e. The fraction of sp³-hybridized carbons (Fsp3) is 1.00. The number of hydrazine groups is 1. The average molecular weight is 239 g/mol. The van der Waals surface area contributed by atoms with E-state index < -0.39 is 0 Å². The van der Waals surface area contributed by atoms with Gasteiger partial charge in [0.1, 0.15) is 0 Å². The smallest absolute Gasteiger partial charge is 0.0147 e. The molecular weight excluding hydrogens is 223 g/mol. The van der Waals surface area contributed by atoms with E-state index in [9.17, 15) is 0 Å². The van der Waals surface area contributed by atoms with E-state index in [1.807, 2.05) is 0 Å². The maximum atomic E-state index is 3.44. The fourth-order valence-corrected chi connectivity index (χ4v) is 2.11. The van der Waals surface area contributed by atoms with Crippen molar-refractivity contribution in [3.05, 3.63) is 0 Å². The van der Waals surface area contributed by atoms with Crippen LogP contribution in [0.4, 0.5) is 0 Å². The van der Waals surface area contributed by atoms with Gasteiger partial charge in [-0.3, -0.25) is 5.43 Å². The number of hydrogen-bond acceptors (Lipinski definition) is 2. The van der Waals surface area contributed by atoms with Crippen LogP contribution in [0.1, 0.15) is 19.3 Å². The van der Waals surface area contributed by atoms with Gasteiger partial charge in [-0.05, 0) is 26.3 Å². The molecule has 2 nitrogen and oxygen atoms in total. The Hall–Kier alpha value is 0.830. The summed E-state index contributed by atoms with van der Waals surface area (Å²) < 4.78 is 0. The number of hydrogen-bond donors (Lipinski definition) is 1. The van der Waals surface area contributed by atoms with Crippen LogP contribution >= 0.6 is 22.8 Å². The van der Waals surface area contributed by atoms with Crippen LogP contribution in [-0.4, -0.2) is 30.8 Å². The Balaban J connectivity index is 1.96. The van der Waals surface area contributed by atoms with Gasteiger partial charge in [0.25, 0.3) is 0 Å². The number of nitrogens with one attached hydrogen (secondary N) is 1. The predicted octanol–water partition coefficient (Wildman–Crippen LogP) is 1.97. The first-order chi connectivity index (χ1) is 5.43. The van der Waals surface area contributed by atoms with E-state index in [4.69, 9.17) is 0 Å². The van der Waals surface area contributed by atoms with E-state index >= 15 is 0 Å². The molecule has 0 radical (unpaired) electrons. The molecule has 0 spiro atoms. The van der Waals surface area contributed by atoms with Crippen molar-refractivity contribution in [3.63, 3.8) is 0 Å². The Kier molecular flexibility index (Phi) is 5.73. The van der Waals surface area contributed by atoms with Gasteiger partial charge in [-0.15, -0.1) is 0 Å². The highest BCUT2D eigenvalue weighted by atomic mass is 79.9. The zero-order valence-electron chi connectivity index (χ0n) is 6.77. The van der Waals surface area contributed by atoms with Gasteiger partial charge in [0.2, 0.25) is 0 Å². The maximum Gasteiger partial charge on any atom is 0.0147 e. The minimum absolute atomic E-state index is 0.902. The molecule has 0 amide bonds. The largest absolute Gasteiger partial charge is 0.255 e. The summed E-state index contributed by atoms with van der Waals surface area (Å²) in [5.74, 6) is 0. The molecule has 66 valence electrons. The summed E-state index contributed by atoms with van der Waals surface area (Å²) in [6.45, 7) is 3.61. The van der Waals surface area contributed by atoms with E-state index in [2.05, 4.69) is 25.9 Å². The second-order valence-electron chi connectivity index (χ2n) is 2.84. The highest BCUT2D eigenvalue weighted by Crippen LogP contribution is 2.17. The molecule has 1 fully saturated rings. The van der Waals surface area contributed by atoms with Crippen molar-refractivity contribution in [2.45, 2.75) is 19.3 Å². The summed E-state index contributed by atoms with van der Waals surface area (Å²) in [6.07, 6.45) is 5.39. The number of halogens is 1. The normalized spacial score (nSPS) is 21.5. The molecule has 0 saturated carbocycles. The van der Waals surface area contributed by atoms with Crippen LogP contribution in [0.2, 0.25) is 0 Å². The molecule has 0 bridgehead atoms. The molecular formula is C7H16BrN2P. The Bertz CT molecular complexity index is 96.4. The van der Waals surface area contributed by atoms with E-state index in [1.165, 1.54) is 38.5 Å². The molecule has 1 rings (SSSR count). The summed E-state index contributed by atoms with van der Waals surface area (Å²) in [5.41, 5.74) is 3.43. The summed E-state index contributed by atoms with van der Waals surface area (Å²) >= 11 is 3.44. The number of nitrogens with zero attached hydrogens (tertiary/aromatic N) is 1. The van der Waals surface area contributed by atoms with Crippen molar-refractivity contribution in [2.75, 3.05) is 25.8 Å². The van der Waals surface area contributed by atoms with Gasteiger partial charge in [0, 0.05) is 19.6 Å². The molecule has 11 heavy (non-hydrogen) atoms. The number of rotatable bonds is 4. The van der Waals surface area contributed by atoms with Crippen LogP contribution < -0.4 is 5.43 Å². The lowest BCUT2D eigenvalue weighted by atomic mass is 10.2. The van der Waals surface area contributed by atoms with E-state index in [0.29, 0.717) is 0 Å². The van der Waals surface area contributed by atoms with Crippen LogP contribution in [0.5, 0.6) is 0 Å². The third kappa shape index (κ3) is 4.41. The van der Waals surface area contributed by atoms with Gasteiger partial charge in [0.15, 0.2) is 0 Å². The second kappa shape index (κ2) is 6.36. The van der Waals surface area contributed by atoms with Crippen molar-refractivity contribution in [1.82, 2.24) is 10.4 Å². The van der Waals surface area contributed by atoms with Gasteiger partial charge in [-0.1, -0.05) is 21.9 Å². The molecule has 1 aliphatic heterocycles. The van der Waals surface area contributed by atoms with Crippen LogP contribution in [0.3, 0.4) is 0 Å². The van der Waals surface area contributed by atoms with Crippen LogP contribution in [0.15, 0.2) is 0 Å². The van der Waals surface area contributed by atoms with Crippen molar-refractivity contribution in [1.29, 1.82) is 0 Å². The molecule has 1 aliphatic rings. The quantitative estimate of drug-likeness (QED) is 0.596. The monoisotopic (exact) mass is 238 g/mol. The summed E-state index contributed by atoms with van der Waals surface area (Å²) in [5, 5.41) is 2.36. The van der Waals surface area contributed by atoms with E-state index in [1.54, 1.807) is 0 Å². The van der Waals surface area contributed by atoms with Crippen LogP contribution in [0.25, 0.3) is 0 Å². The Morgan fingerprint density at radius 3 is 2.64 bits per heavy atom. The third-order valence-electron chi connectivity index (χ3n) is 1.91. The van der Waals surface area contributed by atoms with E-state index in [-0.39, 0.29) is 0 Å². The highest BCUT2D eigenvalue weighted by Gasteiger charge is 2.07. The molecule has 0 aromatic heterocycles. The molecule has 1 heterocycles. The predicted molar refractivity (Wildman–Crippen MR) is 55.5 cm³/mol. The topological polar surface area (TPSA) is 15.3 Å². The summed E-state index contributed by atoms with van der Waals surface area (Å²) in [6, 6.07) is 0. The maximum absolute atomic E-state index is 3.44. The Labute approximate surface area is 78.6 Å². The Morgan fingerprint density at radius 1 is 1.27 bits per heavy atom. The van der Waals surface area contributed by atoms with E-state index in [0.717, 1.165) is 13.8 Å². The second-order valence-corrected chi connectivity index (χ2v) is 5.29. The fourth-order valence-electron chi connectivity index (χ4n) is 1.31. The van der Waals surface area contributed by atoms with Crippen molar-refractivity contribution < 1.29 is 0 Å². The lowest BCUT2D eigenvalue weighted by Gasteiger charge is -2.26. The first kappa shape index (κ1) is 9.91. The van der Waals surface area contributed by atoms with Gasteiger partial charge in [0.05, 0.1) is 0 Å².